The lowest BCUT2D eigenvalue weighted by molar-refractivity contribution is 0.0940. The number of rotatable bonds is 3. The Bertz CT molecular complexity index is 693. The van der Waals surface area contributed by atoms with Gasteiger partial charge >= 0.3 is 0 Å². The average molecular weight is 286 g/mol. The van der Waals surface area contributed by atoms with Gasteiger partial charge < -0.3 is 9.15 Å². The number of aryl methyl sites for hydroxylation is 2. The SMILES string of the molecule is Cc1c(C=O)oc2c1-c1nn(C[C@H]3CCCO3)cc1CC2. The van der Waals surface area contributed by atoms with Crippen molar-refractivity contribution in [2.45, 2.75) is 45.3 Å². The summed E-state index contributed by atoms with van der Waals surface area (Å²) in [5, 5.41) is 4.72. The summed E-state index contributed by atoms with van der Waals surface area (Å²) in [6.07, 6.45) is 7.18. The van der Waals surface area contributed by atoms with E-state index >= 15 is 0 Å². The van der Waals surface area contributed by atoms with E-state index < -0.39 is 0 Å². The number of furan rings is 1. The molecule has 4 rings (SSSR count). The minimum Gasteiger partial charge on any atom is -0.457 e. The molecule has 2 aromatic heterocycles. The van der Waals surface area contributed by atoms with Crippen molar-refractivity contribution in [2.24, 2.45) is 0 Å². The Morgan fingerprint density at radius 2 is 2.38 bits per heavy atom. The Balaban J connectivity index is 1.71. The highest BCUT2D eigenvalue weighted by atomic mass is 16.5. The molecular formula is C16H18N2O3. The van der Waals surface area contributed by atoms with Gasteiger partial charge in [-0.15, -0.1) is 0 Å². The number of hydrogen-bond acceptors (Lipinski definition) is 4. The monoisotopic (exact) mass is 286 g/mol. The van der Waals surface area contributed by atoms with Crippen molar-refractivity contribution in [2.75, 3.05) is 6.61 Å². The molecule has 5 nitrogen and oxygen atoms in total. The number of nitrogens with zero attached hydrogens (tertiary/aromatic N) is 2. The Morgan fingerprint density at radius 1 is 1.48 bits per heavy atom. The van der Waals surface area contributed by atoms with Gasteiger partial charge in [-0.1, -0.05) is 0 Å². The number of ether oxygens (including phenoxy) is 1. The van der Waals surface area contributed by atoms with Crippen LogP contribution < -0.4 is 0 Å². The van der Waals surface area contributed by atoms with E-state index in [4.69, 9.17) is 14.3 Å². The van der Waals surface area contributed by atoms with Gasteiger partial charge in [-0.2, -0.15) is 5.10 Å². The molecule has 1 aliphatic heterocycles. The van der Waals surface area contributed by atoms with Crippen molar-refractivity contribution in [3.8, 4) is 11.3 Å². The van der Waals surface area contributed by atoms with E-state index in [0.29, 0.717) is 5.76 Å². The molecule has 3 heterocycles. The summed E-state index contributed by atoms with van der Waals surface area (Å²) < 4.78 is 13.3. The minimum absolute atomic E-state index is 0.279. The fourth-order valence-electron chi connectivity index (χ4n) is 3.39. The van der Waals surface area contributed by atoms with Gasteiger partial charge in [0.15, 0.2) is 12.0 Å². The fraction of sp³-hybridized carbons (Fsp3) is 0.500. The molecule has 110 valence electrons. The number of hydrogen-bond donors (Lipinski definition) is 0. The zero-order valence-corrected chi connectivity index (χ0v) is 12.1. The van der Waals surface area contributed by atoms with Crippen molar-refractivity contribution in [3.63, 3.8) is 0 Å². The maximum absolute atomic E-state index is 11.1. The molecule has 1 atom stereocenters. The third-order valence-corrected chi connectivity index (χ3v) is 4.47. The van der Waals surface area contributed by atoms with Gasteiger partial charge in [-0.3, -0.25) is 9.48 Å². The highest BCUT2D eigenvalue weighted by Crippen LogP contribution is 2.37. The van der Waals surface area contributed by atoms with Gasteiger partial charge in [0.25, 0.3) is 0 Å². The maximum atomic E-state index is 11.1. The average Bonchev–Trinajstić information content (AvgIpc) is 3.17. The van der Waals surface area contributed by atoms with Crippen molar-refractivity contribution in [3.05, 3.63) is 28.8 Å². The van der Waals surface area contributed by atoms with Crippen LogP contribution in [0, 0.1) is 6.92 Å². The van der Waals surface area contributed by atoms with Gasteiger partial charge in [0.05, 0.1) is 18.3 Å². The van der Waals surface area contributed by atoms with E-state index in [1.165, 1.54) is 5.56 Å². The lowest BCUT2D eigenvalue weighted by atomic mass is 9.94. The first-order chi connectivity index (χ1) is 10.3. The topological polar surface area (TPSA) is 57.3 Å². The molecule has 0 radical (unpaired) electrons. The predicted octanol–water partition coefficient (Wildman–Crippen LogP) is 2.54. The van der Waals surface area contributed by atoms with E-state index in [-0.39, 0.29) is 6.10 Å². The number of carbonyl (C=O) groups excluding carboxylic acids is 1. The molecule has 0 saturated carbocycles. The normalized spacial score (nSPS) is 20.3. The summed E-state index contributed by atoms with van der Waals surface area (Å²) in [4.78, 5) is 11.1. The van der Waals surface area contributed by atoms with Crippen molar-refractivity contribution >= 4 is 6.29 Å². The molecule has 1 fully saturated rings. The molecule has 2 aliphatic rings. The number of fused-ring (bicyclic) bond motifs is 3. The first kappa shape index (κ1) is 12.8. The van der Waals surface area contributed by atoms with Crippen molar-refractivity contribution in [1.29, 1.82) is 0 Å². The molecule has 2 aromatic rings. The fourth-order valence-corrected chi connectivity index (χ4v) is 3.39. The second-order valence-electron chi connectivity index (χ2n) is 5.87. The molecule has 21 heavy (non-hydrogen) atoms. The molecule has 0 N–H and O–H groups in total. The Morgan fingerprint density at radius 3 is 3.14 bits per heavy atom. The van der Waals surface area contributed by atoms with Crippen LogP contribution >= 0.6 is 0 Å². The second-order valence-corrected chi connectivity index (χ2v) is 5.87. The van der Waals surface area contributed by atoms with Crippen LogP contribution in [0.5, 0.6) is 0 Å². The van der Waals surface area contributed by atoms with Crippen LogP contribution in [0.4, 0.5) is 0 Å². The van der Waals surface area contributed by atoms with Crippen LogP contribution in [0.2, 0.25) is 0 Å². The Labute approximate surface area is 122 Å². The van der Waals surface area contributed by atoms with Gasteiger partial charge in [-0.25, -0.2) is 0 Å². The highest BCUT2D eigenvalue weighted by molar-refractivity contribution is 5.81. The van der Waals surface area contributed by atoms with Crippen LogP contribution in [0.15, 0.2) is 10.6 Å². The minimum atomic E-state index is 0.279. The highest BCUT2D eigenvalue weighted by Gasteiger charge is 2.27. The van der Waals surface area contributed by atoms with Gasteiger partial charge in [0, 0.05) is 30.4 Å². The molecular weight excluding hydrogens is 268 g/mol. The summed E-state index contributed by atoms with van der Waals surface area (Å²) in [7, 11) is 0. The molecule has 0 bridgehead atoms. The number of aromatic nitrogens is 2. The molecule has 5 heteroatoms. The first-order valence-corrected chi connectivity index (χ1v) is 7.52. The van der Waals surface area contributed by atoms with Gasteiger partial charge in [0.1, 0.15) is 5.76 Å². The van der Waals surface area contributed by atoms with Crippen molar-refractivity contribution < 1.29 is 13.9 Å². The first-order valence-electron chi connectivity index (χ1n) is 7.52. The van der Waals surface area contributed by atoms with Crippen LogP contribution in [0.1, 0.15) is 40.3 Å². The summed E-state index contributed by atoms with van der Waals surface area (Å²) in [5.74, 6) is 1.32. The number of carbonyl (C=O) groups is 1. The summed E-state index contributed by atoms with van der Waals surface area (Å²) in [5.41, 5.74) is 4.14. The largest absolute Gasteiger partial charge is 0.457 e. The lowest BCUT2D eigenvalue weighted by Crippen LogP contribution is -2.15. The maximum Gasteiger partial charge on any atom is 0.185 e. The quantitative estimate of drug-likeness (QED) is 0.814. The van der Waals surface area contributed by atoms with Crippen LogP contribution in [-0.4, -0.2) is 28.8 Å². The van der Waals surface area contributed by atoms with Gasteiger partial charge in [0.2, 0.25) is 0 Å². The van der Waals surface area contributed by atoms with E-state index in [2.05, 4.69) is 6.20 Å². The van der Waals surface area contributed by atoms with Crippen LogP contribution in [0.3, 0.4) is 0 Å². The standard InChI is InChI=1S/C16H18N2O3/c1-10-14(9-19)21-13-5-4-11-7-18(17-16(11)15(10)13)8-12-3-2-6-20-12/h7,9,12H,2-6,8H2,1H3/t12-/m1/s1. The third kappa shape index (κ3) is 2.03. The molecule has 0 spiro atoms. The Kier molecular flexibility index (Phi) is 2.96. The molecule has 0 unspecified atom stereocenters. The molecule has 0 aromatic carbocycles. The second kappa shape index (κ2) is 4.84. The smallest absolute Gasteiger partial charge is 0.185 e. The summed E-state index contributed by atoms with van der Waals surface area (Å²) in [6.45, 7) is 3.60. The van der Waals surface area contributed by atoms with E-state index in [9.17, 15) is 4.79 Å². The van der Waals surface area contributed by atoms with E-state index in [1.54, 1.807) is 0 Å². The summed E-state index contributed by atoms with van der Waals surface area (Å²) >= 11 is 0. The van der Waals surface area contributed by atoms with Crippen LogP contribution in [0.25, 0.3) is 11.3 Å². The Hall–Kier alpha value is -1.88. The molecule has 0 amide bonds. The predicted molar refractivity (Wildman–Crippen MR) is 76.4 cm³/mol. The van der Waals surface area contributed by atoms with Gasteiger partial charge in [-0.05, 0) is 31.7 Å². The number of aldehydes is 1. The zero-order chi connectivity index (χ0) is 14.4. The van der Waals surface area contributed by atoms with Crippen LogP contribution in [-0.2, 0) is 24.1 Å². The van der Waals surface area contributed by atoms with Crippen molar-refractivity contribution in [1.82, 2.24) is 9.78 Å². The molecule has 1 saturated heterocycles. The summed E-state index contributed by atoms with van der Waals surface area (Å²) in [6, 6.07) is 0. The van der Waals surface area contributed by atoms with E-state index in [1.807, 2.05) is 11.6 Å². The lowest BCUT2D eigenvalue weighted by Gasteiger charge is -2.09. The third-order valence-electron chi connectivity index (χ3n) is 4.47. The van der Waals surface area contributed by atoms with E-state index in [0.717, 1.165) is 67.7 Å². The molecule has 1 aliphatic carbocycles. The zero-order valence-electron chi connectivity index (χ0n) is 12.1.